The number of nitrogens with zero attached hydrogens (tertiary/aromatic N) is 2. The number of hydrogen-bond acceptors (Lipinski definition) is 5. The maximum Gasteiger partial charge on any atom is 0.142 e. The largest absolute Gasteiger partial charge is 0.383 e. The van der Waals surface area contributed by atoms with Crippen molar-refractivity contribution in [2.24, 2.45) is 0 Å². The number of rotatable bonds is 8. The quantitative estimate of drug-likeness (QED) is 0.754. The van der Waals surface area contributed by atoms with Crippen LogP contribution in [0.25, 0.3) is 0 Å². The highest BCUT2D eigenvalue weighted by molar-refractivity contribution is 7.05. The first-order valence-corrected chi connectivity index (χ1v) is 6.61. The molecule has 0 bridgehead atoms. The van der Waals surface area contributed by atoms with E-state index in [-0.39, 0.29) is 0 Å². The van der Waals surface area contributed by atoms with Crippen LogP contribution in [0.1, 0.15) is 31.1 Å². The third-order valence-electron chi connectivity index (χ3n) is 2.30. The third kappa shape index (κ3) is 4.55. The molecule has 1 aromatic heterocycles. The number of nitrogens with one attached hydrogen (secondary N) is 1. The van der Waals surface area contributed by atoms with Gasteiger partial charge in [0.2, 0.25) is 0 Å². The zero-order chi connectivity index (χ0) is 11.8. The number of hydrogen-bond donors (Lipinski definition) is 1. The molecule has 1 rings (SSSR count). The van der Waals surface area contributed by atoms with E-state index in [1.54, 1.807) is 7.11 Å². The molecule has 0 amide bonds. The van der Waals surface area contributed by atoms with Crippen LogP contribution >= 0.6 is 11.5 Å². The number of aromatic nitrogens is 2. The van der Waals surface area contributed by atoms with Gasteiger partial charge >= 0.3 is 0 Å². The average molecular weight is 243 g/mol. The first-order valence-electron chi connectivity index (χ1n) is 5.83. The van der Waals surface area contributed by atoms with E-state index in [4.69, 9.17) is 4.74 Å². The minimum Gasteiger partial charge on any atom is -0.383 e. The van der Waals surface area contributed by atoms with Gasteiger partial charge in [0, 0.05) is 26.0 Å². The predicted octanol–water partition coefficient (Wildman–Crippen LogP) is 1.66. The van der Waals surface area contributed by atoms with Crippen LogP contribution in [-0.4, -0.2) is 35.7 Å². The van der Waals surface area contributed by atoms with Gasteiger partial charge in [-0.15, -0.1) is 0 Å². The Morgan fingerprint density at radius 2 is 2.25 bits per heavy atom. The molecular weight excluding hydrogens is 222 g/mol. The number of methoxy groups -OCH3 is 1. The summed E-state index contributed by atoms with van der Waals surface area (Å²) in [5, 5.41) is 4.56. The molecule has 92 valence electrons. The van der Waals surface area contributed by atoms with Gasteiger partial charge in [-0.25, -0.2) is 4.98 Å². The van der Waals surface area contributed by atoms with Gasteiger partial charge in [0.05, 0.1) is 6.61 Å². The molecule has 0 radical (unpaired) electrons. The molecule has 0 aromatic carbocycles. The summed E-state index contributed by atoms with van der Waals surface area (Å²) in [6.45, 7) is 5.99. The highest BCUT2D eigenvalue weighted by Gasteiger charge is 2.11. The van der Waals surface area contributed by atoms with Crippen molar-refractivity contribution in [1.82, 2.24) is 14.7 Å². The predicted molar refractivity (Wildman–Crippen MR) is 66.9 cm³/mol. The van der Waals surface area contributed by atoms with Crippen molar-refractivity contribution in [2.45, 2.75) is 39.2 Å². The van der Waals surface area contributed by atoms with Crippen molar-refractivity contribution in [3.8, 4) is 0 Å². The fraction of sp³-hybridized carbons (Fsp3) is 0.818. The van der Waals surface area contributed by atoms with Gasteiger partial charge in [-0.3, -0.25) is 0 Å². The highest BCUT2D eigenvalue weighted by Crippen LogP contribution is 2.08. The summed E-state index contributed by atoms with van der Waals surface area (Å²) in [6, 6.07) is 0.350. The van der Waals surface area contributed by atoms with E-state index >= 15 is 0 Å². The molecule has 16 heavy (non-hydrogen) atoms. The molecule has 4 nitrogen and oxygen atoms in total. The van der Waals surface area contributed by atoms with Crippen LogP contribution in [0, 0.1) is 0 Å². The van der Waals surface area contributed by atoms with E-state index in [0.717, 1.165) is 43.2 Å². The molecule has 0 aliphatic carbocycles. The standard InChI is InChI=1S/C11H21N3OS/c1-4-6-12-9(8-15-3)7-11-13-10(5-2)14-16-11/h9,12H,4-8H2,1-3H3. The van der Waals surface area contributed by atoms with Crippen LogP contribution in [0.2, 0.25) is 0 Å². The van der Waals surface area contributed by atoms with Gasteiger partial charge in [-0.05, 0) is 24.5 Å². The highest BCUT2D eigenvalue weighted by atomic mass is 32.1. The molecule has 1 heterocycles. The van der Waals surface area contributed by atoms with Crippen LogP contribution in [0.3, 0.4) is 0 Å². The lowest BCUT2D eigenvalue weighted by Crippen LogP contribution is -2.35. The lowest BCUT2D eigenvalue weighted by atomic mass is 10.2. The van der Waals surface area contributed by atoms with E-state index in [1.807, 2.05) is 0 Å². The zero-order valence-corrected chi connectivity index (χ0v) is 11.1. The molecular formula is C11H21N3OS. The lowest BCUT2D eigenvalue weighted by Gasteiger charge is -2.15. The lowest BCUT2D eigenvalue weighted by molar-refractivity contribution is 0.166. The van der Waals surface area contributed by atoms with Crippen molar-refractivity contribution < 1.29 is 4.74 Å². The van der Waals surface area contributed by atoms with Gasteiger partial charge in [0.15, 0.2) is 0 Å². The molecule has 1 atom stereocenters. The second-order valence-electron chi connectivity index (χ2n) is 3.77. The zero-order valence-electron chi connectivity index (χ0n) is 10.3. The smallest absolute Gasteiger partial charge is 0.142 e. The van der Waals surface area contributed by atoms with Gasteiger partial charge in [0.25, 0.3) is 0 Å². The maximum absolute atomic E-state index is 5.20. The number of aryl methyl sites for hydroxylation is 1. The Hall–Kier alpha value is -0.520. The third-order valence-corrected chi connectivity index (χ3v) is 3.07. The molecule has 0 fully saturated rings. The summed E-state index contributed by atoms with van der Waals surface area (Å²) in [5.74, 6) is 0.951. The van der Waals surface area contributed by atoms with Gasteiger partial charge in [-0.1, -0.05) is 13.8 Å². The van der Waals surface area contributed by atoms with Crippen molar-refractivity contribution >= 4 is 11.5 Å². The summed E-state index contributed by atoms with van der Waals surface area (Å²) in [6.07, 6.45) is 2.95. The molecule has 1 N–H and O–H groups in total. The van der Waals surface area contributed by atoms with E-state index in [0.29, 0.717) is 6.04 Å². The molecule has 0 saturated carbocycles. The van der Waals surface area contributed by atoms with Gasteiger partial charge in [0.1, 0.15) is 10.8 Å². The van der Waals surface area contributed by atoms with Crippen molar-refractivity contribution in [3.05, 3.63) is 10.8 Å². The summed E-state index contributed by atoms with van der Waals surface area (Å²) in [5.41, 5.74) is 0. The fourth-order valence-electron chi connectivity index (χ4n) is 1.47. The Balaban J connectivity index is 2.46. The van der Waals surface area contributed by atoms with Crippen LogP contribution in [0.5, 0.6) is 0 Å². The van der Waals surface area contributed by atoms with E-state index in [1.165, 1.54) is 11.5 Å². The van der Waals surface area contributed by atoms with E-state index < -0.39 is 0 Å². The SMILES string of the molecule is CCCNC(COC)Cc1nc(CC)ns1. The topological polar surface area (TPSA) is 47.0 Å². The summed E-state index contributed by atoms with van der Waals surface area (Å²) < 4.78 is 9.49. The fourth-order valence-corrected chi connectivity index (χ4v) is 2.27. The maximum atomic E-state index is 5.20. The van der Waals surface area contributed by atoms with Crippen LogP contribution in [0.4, 0.5) is 0 Å². The van der Waals surface area contributed by atoms with Gasteiger partial charge < -0.3 is 10.1 Å². The van der Waals surface area contributed by atoms with Crippen LogP contribution in [-0.2, 0) is 17.6 Å². The Kier molecular flexibility index (Phi) is 6.52. The summed E-state index contributed by atoms with van der Waals surface area (Å²) >= 11 is 1.51. The van der Waals surface area contributed by atoms with Crippen molar-refractivity contribution in [3.63, 3.8) is 0 Å². The van der Waals surface area contributed by atoms with Crippen LogP contribution in [0.15, 0.2) is 0 Å². The first kappa shape index (κ1) is 13.5. The molecule has 1 aromatic rings. The normalized spacial score (nSPS) is 12.9. The molecule has 0 aliphatic rings. The average Bonchev–Trinajstić information content (AvgIpc) is 2.74. The Morgan fingerprint density at radius 1 is 1.44 bits per heavy atom. The van der Waals surface area contributed by atoms with Crippen molar-refractivity contribution in [1.29, 1.82) is 0 Å². The van der Waals surface area contributed by atoms with E-state index in [2.05, 4.69) is 28.5 Å². The Labute approximate surface area is 102 Å². The molecule has 0 spiro atoms. The van der Waals surface area contributed by atoms with E-state index in [9.17, 15) is 0 Å². The van der Waals surface area contributed by atoms with Crippen LogP contribution < -0.4 is 5.32 Å². The minimum absolute atomic E-state index is 0.350. The first-order chi connectivity index (χ1) is 7.80. The van der Waals surface area contributed by atoms with Crippen molar-refractivity contribution in [2.75, 3.05) is 20.3 Å². The minimum atomic E-state index is 0.350. The molecule has 0 aliphatic heterocycles. The second-order valence-corrected chi connectivity index (χ2v) is 4.60. The summed E-state index contributed by atoms with van der Waals surface area (Å²) in [7, 11) is 1.73. The second kappa shape index (κ2) is 7.70. The van der Waals surface area contributed by atoms with Gasteiger partial charge in [-0.2, -0.15) is 4.37 Å². The number of ether oxygens (including phenoxy) is 1. The molecule has 1 unspecified atom stereocenters. The summed E-state index contributed by atoms with van der Waals surface area (Å²) in [4.78, 5) is 4.47. The Bertz CT molecular complexity index is 291. The monoisotopic (exact) mass is 243 g/mol. The Morgan fingerprint density at radius 3 is 2.81 bits per heavy atom. The molecule has 0 saturated heterocycles. The molecule has 5 heteroatoms.